The summed E-state index contributed by atoms with van der Waals surface area (Å²) in [5.41, 5.74) is 1.10. The molecule has 4 nitrogen and oxygen atoms in total. The second kappa shape index (κ2) is 7.72. The van der Waals surface area contributed by atoms with Crippen molar-refractivity contribution in [3.63, 3.8) is 0 Å². The van der Waals surface area contributed by atoms with Crippen molar-refractivity contribution >= 4 is 11.6 Å². The molecule has 0 fully saturated rings. The molecule has 0 atom stereocenters. The van der Waals surface area contributed by atoms with E-state index in [1.54, 1.807) is 14.2 Å². The van der Waals surface area contributed by atoms with E-state index in [0.29, 0.717) is 23.1 Å². The number of nitrogens with one attached hydrogen (secondary N) is 1. The summed E-state index contributed by atoms with van der Waals surface area (Å²) in [5, 5.41) is 12.9. The molecule has 1 aromatic rings. The van der Waals surface area contributed by atoms with Crippen molar-refractivity contribution in [1.82, 2.24) is 5.32 Å². The van der Waals surface area contributed by atoms with Crippen molar-refractivity contribution in [3.8, 4) is 11.5 Å². The monoisotopic (exact) mass is 301 g/mol. The van der Waals surface area contributed by atoms with Crippen molar-refractivity contribution in [1.29, 1.82) is 0 Å². The molecule has 0 heterocycles. The highest BCUT2D eigenvalue weighted by Gasteiger charge is 2.17. The molecule has 2 N–H and O–H groups in total. The van der Waals surface area contributed by atoms with Crippen LogP contribution >= 0.6 is 11.6 Å². The van der Waals surface area contributed by atoms with E-state index in [4.69, 9.17) is 26.2 Å². The van der Waals surface area contributed by atoms with Gasteiger partial charge in [-0.2, -0.15) is 0 Å². The topological polar surface area (TPSA) is 50.7 Å². The van der Waals surface area contributed by atoms with Gasteiger partial charge in [0.15, 0.2) is 11.5 Å². The molecular formula is C15H24ClNO3. The molecule has 0 radical (unpaired) electrons. The summed E-state index contributed by atoms with van der Waals surface area (Å²) in [5.74, 6) is 1.19. The Morgan fingerprint density at radius 2 is 1.95 bits per heavy atom. The Balaban J connectivity index is 2.67. The first-order valence-electron chi connectivity index (χ1n) is 6.65. The van der Waals surface area contributed by atoms with Gasteiger partial charge in [-0.3, -0.25) is 0 Å². The molecule has 114 valence electrons. The number of aliphatic hydroxyl groups excluding tert-OH is 1. The Hall–Kier alpha value is -0.970. The maximum atomic E-state index is 9.00. The Morgan fingerprint density at radius 1 is 1.25 bits per heavy atom. The summed E-state index contributed by atoms with van der Waals surface area (Å²) >= 11 is 6.17. The minimum atomic E-state index is 0.0646. The predicted octanol–water partition coefficient (Wildman–Crippen LogP) is 2.86. The van der Waals surface area contributed by atoms with Crippen LogP contribution in [0.15, 0.2) is 12.1 Å². The molecule has 0 aliphatic rings. The number of hydrogen-bond acceptors (Lipinski definition) is 4. The van der Waals surface area contributed by atoms with Crippen LogP contribution in [-0.2, 0) is 6.54 Å². The first-order valence-corrected chi connectivity index (χ1v) is 7.03. The van der Waals surface area contributed by atoms with Crippen LogP contribution in [0.3, 0.4) is 0 Å². The Bertz CT molecular complexity index is 435. The third-order valence-corrected chi connectivity index (χ3v) is 3.50. The number of benzene rings is 1. The second-order valence-corrected chi connectivity index (χ2v) is 5.96. The van der Waals surface area contributed by atoms with E-state index in [1.807, 2.05) is 12.1 Å². The van der Waals surface area contributed by atoms with Crippen LogP contribution in [0, 0.1) is 5.41 Å². The van der Waals surface area contributed by atoms with Crippen molar-refractivity contribution in [2.45, 2.75) is 26.8 Å². The summed E-state index contributed by atoms with van der Waals surface area (Å²) in [4.78, 5) is 0. The fourth-order valence-electron chi connectivity index (χ4n) is 2.01. The highest BCUT2D eigenvalue weighted by atomic mass is 35.5. The van der Waals surface area contributed by atoms with Crippen LogP contribution in [0.2, 0.25) is 5.02 Å². The zero-order chi connectivity index (χ0) is 15.2. The van der Waals surface area contributed by atoms with Gasteiger partial charge in [0.25, 0.3) is 0 Å². The molecule has 0 aliphatic carbocycles. The van der Waals surface area contributed by atoms with E-state index in [1.165, 1.54) is 0 Å². The van der Waals surface area contributed by atoms with Gasteiger partial charge in [-0.15, -0.1) is 0 Å². The summed E-state index contributed by atoms with van der Waals surface area (Å²) in [6, 6.07) is 3.78. The molecule has 0 bridgehead atoms. The summed E-state index contributed by atoms with van der Waals surface area (Å²) in [6.07, 6.45) is 0.771. The number of hydrogen-bond donors (Lipinski definition) is 2. The van der Waals surface area contributed by atoms with Gasteiger partial charge in [-0.25, -0.2) is 0 Å². The normalized spacial score (nSPS) is 11.5. The first-order chi connectivity index (χ1) is 9.43. The van der Waals surface area contributed by atoms with E-state index in [0.717, 1.165) is 18.5 Å². The Morgan fingerprint density at radius 3 is 2.50 bits per heavy atom. The van der Waals surface area contributed by atoms with E-state index >= 15 is 0 Å². The van der Waals surface area contributed by atoms with Crippen LogP contribution in [-0.4, -0.2) is 32.5 Å². The zero-order valence-corrected chi connectivity index (χ0v) is 13.4. The van der Waals surface area contributed by atoms with E-state index in [9.17, 15) is 0 Å². The molecule has 0 unspecified atom stereocenters. The lowest BCUT2D eigenvalue weighted by Crippen LogP contribution is -2.29. The van der Waals surface area contributed by atoms with Crippen molar-refractivity contribution in [2.75, 3.05) is 27.4 Å². The summed E-state index contributed by atoms with van der Waals surface area (Å²) in [7, 11) is 3.16. The van der Waals surface area contributed by atoms with Gasteiger partial charge in [0.2, 0.25) is 0 Å². The van der Waals surface area contributed by atoms with Crippen molar-refractivity contribution < 1.29 is 14.6 Å². The van der Waals surface area contributed by atoms with Crippen LogP contribution in [0.4, 0.5) is 0 Å². The number of rotatable bonds is 8. The third kappa shape index (κ3) is 4.85. The molecular weight excluding hydrogens is 278 g/mol. The molecule has 5 heteroatoms. The third-order valence-electron chi connectivity index (χ3n) is 3.21. The van der Waals surface area contributed by atoms with Gasteiger partial charge in [0.1, 0.15) is 0 Å². The number of aliphatic hydroxyl groups is 1. The highest BCUT2D eigenvalue weighted by molar-refractivity contribution is 6.32. The first kappa shape index (κ1) is 17.1. The maximum absolute atomic E-state index is 9.00. The molecule has 0 saturated carbocycles. The van der Waals surface area contributed by atoms with Crippen LogP contribution in [0.25, 0.3) is 0 Å². The number of ether oxygens (including phenoxy) is 2. The van der Waals surface area contributed by atoms with Crippen LogP contribution < -0.4 is 14.8 Å². The maximum Gasteiger partial charge on any atom is 0.179 e. The summed E-state index contributed by atoms with van der Waals surface area (Å²) < 4.78 is 10.5. The standard InChI is InChI=1S/C15H24ClNO3/c1-15(2,5-6-18)10-17-9-11-7-12(16)14(20-4)13(8-11)19-3/h7-8,17-18H,5-6,9-10H2,1-4H3. The van der Waals surface area contributed by atoms with E-state index in [2.05, 4.69) is 19.2 Å². The van der Waals surface area contributed by atoms with Gasteiger partial charge in [-0.05, 0) is 29.5 Å². The zero-order valence-electron chi connectivity index (χ0n) is 12.6. The SMILES string of the molecule is COc1cc(CNCC(C)(C)CCO)cc(Cl)c1OC. The van der Waals surface area contributed by atoms with E-state index < -0.39 is 0 Å². The molecule has 0 amide bonds. The van der Waals surface area contributed by atoms with Gasteiger partial charge in [0.05, 0.1) is 19.2 Å². The minimum absolute atomic E-state index is 0.0646. The Kier molecular flexibility index (Phi) is 6.59. The lowest BCUT2D eigenvalue weighted by Gasteiger charge is -2.24. The highest BCUT2D eigenvalue weighted by Crippen LogP contribution is 2.36. The van der Waals surface area contributed by atoms with Crippen molar-refractivity contribution in [2.24, 2.45) is 5.41 Å². The minimum Gasteiger partial charge on any atom is -0.493 e. The summed E-state index contributed by atoms with van der Waals surface area (Å²) in [6.45, 7) is 5.96. The van der Waals surface area contributed by atoms with E-state index in [-0.39, 0.29) is 12.0 Å². The second-order valence-electron chi connectivity index (χ2n) is 5.55. The average molecular weight is 302 g/mol. The predicted molar refractivity (Wildman–Crippen MR) is 81.7 cm³/mol. The molecule has 0 saturated heterocycles. The average Bonchev–Trinajstić information content (AvgIpc) is 2.37. The smallest absolute Gasteiger partial charge is 0.179 e. The van der Waals surface area contributed by atoms with Crippen LogP contribution in [0.1, 0.15) is 25.8 Å². The quantitative estimate of drug-likeness (QED) is 0.775. The van der Waals surface area contributed by atoms with Crippen LogP contribution in [0.5, 0.6) is 11.5 Å². The Labute approximate surface area is 126 Å². The van der Waals surface area contributed by atoms with Gasteiger partial charge in [0, 0.05) is 19.7 Å². The van der Waals surface area contributed by atoms with Gasteiger partial charge >= 0.3 is 0 Å². The molecule has 0 spiro atoms. The lowest BCUT2D eigenvalue weighted by molar-refractivity contribution is 0.207. The van der Waals surface area contributed by atoms with Crippen molar-refractivity contribution in [3.05, 3.63) is 22.7 Å². The van der Waals surface area contributed by atoms with Gasteiger partial charge in [-0.1, -0.05) is 25.4 Å². The lowest BCUT2D eigenvalue weighted by atomic mass is 9.90. The fraction of sp³-hybridized carbons (Fsp3) is 0.600. The molecule has 1 aromatic carbocycles. The molecule has 20 heavy (non-hydrogen) atoms. The molecule has 0 aliphatic heterocycles. The number of halogens is 1. The molecule has 1 rings (SSSR count). The largest absolute Gasteiger partial charge is 0.493 e. The molecule has 0 aromatic heterocycles. The van der Waals surface area contributed by atoms with Gasteiger partial charge < -0.3 is 19.9 Å². The number of methoxy groups -OCH3 is 2. The fourth-order valence-corrected chi connectivity index (χ4v) is 2.32.